The summed E-state index contributed by atoms with van der Waals surface area (Å²) in [6.07, 6.45) is 1.44. The molecule has 2 N–H and O–H groups in total. The number of aromatic nitrogens is 2. The maximum atomic E-state index is 12.6. The number of para-hydroxylation sites is 1. The van der Waals surface area contributed by atoms with E-state index in [9.17, 15) is 4.79 Å². The van der Waals surface area contributed by atoms with Gasteiger partial charge in [-0.05, 0) is 25.1 Å². The lowest BCUT2D eigenvalue weighted by molar-refractivity contribution is 0.630. The number of nitriles is 1. The number of thiocarbonyl (C=S) groups is 1. The van der Waals surface area contributed by atoms with Gasteiger partial charge in [0.15, 0.2) is 0 Å². The van der Waals surface area contributed by atoms with Gasteiger partial charge >= 0.3 is 0 Å². The van der Waals surface area contributed by atoms with Crippen molar-refractivity contribution in [2.45, 2.75) is 6.92 Å². The molecule has 0 atom stereocenters. The molecule has 2 rings (SSSR count). The summed E-state index contributed by atoms with van der Waals surface area (Å²) < 4.78 is 3.27. The number of rotatable bonds is 3. The van der Waals surface area contributed by atoms with Crippen molar-refractivity contribution in [3.05, 3.63) is 57.5 Å². The molecule has 6 heteroatoms. The molecule has 0 aliphatic carbocycles. The van der Waals surface area contributed by atoms with E-state index >= 15 is 0 Å². The van der Waals surface area contributed by atoms with Crippen LogP contribution in [-0.4, -0.2) is 14.4 Å². The maximum absolute atomic E-state index is 12.6. The summed E-state index contributed by atoms with van der Waals surface area (Å²) in [5.74, 6) is 0. The molecule has 0 aliphatic heterocycles. The Morgan fingerprint density at radius 1 is 1.38 bits per heavy atom. The van der Waals surface area contributed by atoms with E-state index in [-0.39, 0.29) is 16.1 Å². The van der Waals surface area contributed by atoms with Crippen LogP contribution in [0.1, 0.15) is 11.3 Å². The van der Waals surface area contributed by atoms with Gasteiger partial charge in [-0.25, -0.2) is 4.68 Å². The number of nitrogens with two attached hydrogens (primary N) is 1. The fraction of sp³-hybridized carbons (Fsp3) is 0.133. The monoisotopic (exact) mass is 298 g/mol. The van der Waals surface area contributed by atoms with Crippen LogP contribution in [0.5, 0.6) is 0 Å². The van der Waals surface area contributed by atoms with E-state index in [1.165, 1.54) is 10.8 Å². The molecule has 0 aliphatic rings. The first-order valence-corrected chi connectivity index (χ1v) is 6.63. The highest BCUT2D eigenvalue weighted by molar-refractivity contribution is 7.80. The standard InChI is InChI=1S/C15H14N4OS/c1-10-13(8-11(9-16)14(17)21)15(20)19(18(10)2)12-6-4-3-5-7-12/h3-8H,1-2H3,(H2,17,21)/b11-8+. The van der Waals surface area contributed by atoms with Crippen molar-refractivity contribution in [1.29, 1.82) is 5.26 Å². The molecule has 0 bridgehead atoms. The second kappa shape index (κ2) is 5.77. The summed E-state index contributed by atoms with van der Waals surface area (Å²) in [6, 6.07) is 11.2. The van der Waals surface area contributed by atoms with E-state index in [1.807, 2.05) is 36.4 Å². The minimum atomic E-state index is -0.217. The summed E-state index contributed by atoms with van der Waals surface area (Å²) >= 11 is 4.81. The molecule has 0 fully saturated rings. The second-order valence-electron chi connectivity index (χ2n) is 4.51. The summed E-state index contributed by atoms with van der Waals surface area (Å²) in [5.41, 5.74) is 7.27. The molecule has 2 aromatic rings. The molecule has 0 saturated carbocycles. The van der Waals surface area contributed by atoms with Gasteiger partial charge < -0.3 is 5.73 Å². The number of benzene rings is 1. The van der Waals surface area contributed by atoms with E-state index in [2.05, 4.69) is 0 Å². The van der Waals surface area contributed by atoms with Crippen LogP contribution >= 0.6 is 12.2 Å². The molecule has 1 heterocycles. The molecule has 21 heavy (non-hydrogen) atoms. The number of nitrogens with zero attached hydrogens (tertiary/aromatic N) is 3. The zero-order valence-corrected chi connectivity index (χ0v) is 12.5. The lowest BCUT2D eigenvalue weighted by Crippen LogP contribution is -2.20. The quantitative estimate of drug-likeness (QED) is 0.531. The molecule has 0 amide bonds. The third-order valence-electron chi connectivity index (χ3n) is 3.27. The molecular weight excluding hydrogens is 284 g/mol. The van der Waals surface area contributed by atoms with Crippen LogP contribution in [0.3, 0.4) is 0 Å². The van der Waals surface area contributed by atoms with Gasteiger partial charge in [0, 0.05) is 12.7 Å². The Hall–Kier alpha value is -2.65. The SMILES string of the molecule is Cc1c(/C=C(\C#N)C(N)=S)c(=O)n(-c2ccccc2)n1C. The average molecular weight is 298 g/mol. The third-order valence-corrected chi connectivity index (χ3v) is 3.49. The Morgan fingerprint density at radius 3 is 2.52 bits per heavy atom. The lowest BCUT2D eigenvalue weighted by atomic mass is 10.1. The van der Waals surface area contributed by atoms with Crippen LogP contribution < -0.4 is 11.3 Å². The number of hydrogen-bond donors (Lipinski definition) is 1. The van der Waals surface area contributed by atoms with Gasteiger partial charge in [0.25, 0.3) is 5.56 Å². The van der Waals surface area contributed by atoms with Crippen molar-refractivity contribution in [3.63, 3.8) is 0 Å². The van der Waals surface area contributed by atoms with E-state index in [4.69, 9.17) is 23.2 Å². The highest BCUT2D eigenvalue weighted by atomic mass is 32.1. The molecule has 0 saturated heterocycles. The van der Waals surface area contributed by atoms with Crippen molar-refractivity contribution in [3.8, 4) is 11.8 Å². The Bertz CT molecular complexity index is 822. The first kappa shape index (κ1) is 14.8. The minimum Gasteiger partial charge on any atom is -0.389 e. The molecule has 5 nitrogen and oxygen atoms in total. The lowest BCUT2D eigenvalue weighted by Gasteiger charge is -2.07. The molecule has 0 unspecified atom stereocenters. The summed E-state index contributed by atoms with van der Waals surface area (Å²) in [5, 5.41) is 9.03. The average Bonchev–Trinajstić information content (AvgIpc) is 2.68. The van der Waals surface area contributed by atoms with Gasteiger partial charge in [-0.15, -0.1) is 0 Å². The zero-order chi connectivity index (χ0) is 15.6. The van der Waals surface area contributed by atoms with Crippen LogP contribution in [0.15, 0.2) is 40.7 Å². The van der Waals surface area contributed by atoms with Crippen LogP contribution in [0.25, 0.3) is 11.8 Å². The summed E-state index contributed by atoms with van der Waals surface area (Å²) in [6.45, 7) is 1.81. The molecule has 1 aromatic heterocycles. The fourth-order valence-corrected chi connectivity index (χ4v) is 2.16. The van der Waals surface area contributed by atoms with E-state index in [0.717, 1.165) is 11.4 Å². The minimum absolute atomic E-state index is 0.0218. The van der Waals surface area contributed by atoms with Crippen LogP contribution in [0.4, 0.5) is 0 Å². The van der Waals surface area contributed by atoms with E-state index < -0.39 is 0 Å². The normalized spacial score (nSPS) is 11.2. The topological polar surface area (TPSA) is 76.7 Å². The highest BCUT2D eigenvalue weighted by Gasteiger charge is 2.15. The zero-order valence-electron chi connectivity index (χ0n) is 11.7. The van der Waals surface area contributed by atoms with E-state index in [1.54, 1.807) is 18.7 Å². The van der Waals surface area contributed by atoms with Crippen LogP contribution in [0, 0.1) is 18.3 Å². The smallest absolute Gasteiger partial charge is 0.278 e. The van der Waals surface area contributed by atoms with Crippen LogP contribution in [0.2, 0.25) is 0 Å². The Labute approximate surface area is 127 Å². The van der Waals surface area contributed by atoms with Gasteiger partial charge in [0.1, 0.15) is 11.1 Å². The first-order chi connectivity index (χ1) is 9.97. The Morgan fingerprint density at radius 2 is 2.00 bits per heavy atom. The maximum Gasteiger partial charge on any atom is 0.278 e. The predicted octanol–water partition coefficient (Wildman–Crippen LogP) is 1.68. The Balaban J connectivity index is 2.71. The predicted molar refractivity (Wildman–Crippen MR) is 86.1 cm³/mol. The van der Waals surface area contributed by atoms with Crippen molar-refractivity contribution < 1.29 is 0 Å². The molecule has 106 valence electrons. The third kappa shape index (κ3) is 2.64. The number of hydrogen-bond acceptors (Lipinski definition) is 3. The van der Waals surface area contributed by atoms with Gasteiger partial charge in [0.2, 0.25) is 0 Å². The second-order valence-corrected chi connectivity index (χ2v) is 4.95. The van der Waals surface area contributed by atoms with Crippen molar-refractivity contribution in [2.24, 2.45) is 12.8 Å². The van der Waals surface area contributed by atoms with Crippen molar-refractivity contribution in [2.75, 3.05) is 0 Å². The molecule has 1 aromatic carbocycles. The van der Waals surface area contributed by atoms with E-state index in [0.29, 0.717) is 5.56 Å². The van der Waals surface area contributed by atoms with Gasteiger partial charge in [-0.3, -0.25) is 9.48 Å². The van der Waals surface area contributed by atoms with Crippen molar-refractivity contribution in [1.82, 2.24) is 9.36 Å². The van der Waals surface area contributed by atoms with Gasteiger partial charge in [-0.1, -0.05) is 30.4 Å². The molecule has 0 radical (unpaired) electrons. The largest absolute Gasteiger partial charge is 0.389 e. The van der Waals surface area contributed by atoms with Gasteiger partial charge in [0.05, 0.1) is 16.8 Å². The fourth-order valence-electron chi connectivity index (χ4n) is 2.06. The van der Waals surface area contributed by atoms with Crippen LogP contribution in [-0.2, 0) is 7.05 Å². The van der Waals surface area contributed by atoms with Crippen molar-refractivity contribution >= 4 is 23.3 Å². The molecular formula is C15H14N4OS. The Kier molecular flexibility index (Phi) is 4.05. The highest BCUT2D eigenvalue weighted by Crippen LogP contribution is 2.13. The first-order valence-electron chi connectivity index (χ1n) is 6.23. The summed E-state index contributed by atoms with van der Waals surface area (Å²) in [4.78, 5) is 12.6. The summed E-state index contributed by atoms with van der Waals surface area (Å²) in [7, 11) is 1.79. The van der Waals surface area contributed by atoms with Gasteiger partial charge in [-0.2, -0.15) is 5.26 Å². The molecule has 0 spiro atoms.